The predicted molar refractivity (Wildman–Crippen MR) is 97.1 cm³/mol. The van der Waals surface area contributed by atoms with Crippen LogP contribution >= 0.6 is 11.3 Å². The molecule has 2 aromatic heterocycles. The maximum absolute atomic E-state index is 12.8. The van der Waals surface area contributed by atoms with Crippen molar-refractivity contribution in [2.75, 3.05) is 13.2 Å². The minimum Gasteiger partial charge on any atom is -0.376 e. The van der Waals surface area contributed by atoms with Crippen LogP contribution in [0.3, 0.4) is 0 Å². The lowest BCUT2D eigenvalue weighted by Crippen LogP contribution is -2.33. The van der Waals surface area contributed by atoms with Gasteiger partial charge in [0, 0.05) is 31.0 Å². The normalized spacial score (nSPS) is 19.9. The molecule has 3 heterocycles. The van der Waals surface area contributed by atoms with Gasteiger partial charge in [0.05, 0.1) is 17.8 Å². The Kier molecular flexibility index (Phi) is 4.85. The Morgan fingerprint density at radius 3 is 3.08 bits per heavy atom. The van der Waals surface area contributed by atoms with Crippen LogP contribution in [0.4, 0.5) is 0 Å². The van der Waals surface area contributed by atoms with Crippen molar-refractivity contribution in [2.45, 2.75) is 57.6 Å². The summed E-state index contributed by atoms with van der Waals surface area (Å²) < 4.78 is 7.08. The largest absolute Gasteiger partial charge is 0.376 e. The summed E-state index contributed by atoms with van der Waals surface area (Å²) in [6.45, 7) is 1.71. The van der Waals surface area contributed by atoms with E-state index in [2.05, 4.69) is 10.3 Å². The molecule has 0 bridgehead atoms. The summed E-state index contributed by atoms with van der Waals surface area (Å²) in [7, 11) is 0. The van der Waals surface area contributed by atoms with Crippen molar-refractivity contribution in [2.24, 2.45) is 0 Å². The van der Waals surface area contributed by atoms with Gasteiger partial charge in [-0.2, -0.15) is 0 Å². The molecule has 0 spiro atoms. The minimum absolute atomic E-state index is 0.00340. The van der Waals surface area contributed by atoms with Crippen molar-refractivity contribution in [1.29, 1.82) is 0 Å². The molecule has 2 aliphatic rings. The summed E-state index contributed by atoms with van der Waals surface area (Å²) in [5.74, 6) is -0.0464. The van der Waals surface area contributed by atoms with E-state index in [1.54, 1.807) is 22.2 Å². The first-order valence-corrected chi connectivity index (χ1v) is 9.92. The number of nitrogens with zero attached hydrogens (tertiary/aromatic N) is 2. The topological polar surface area (TPSA) is 73.2 Å². The van der Waals surface area contributed by atoms with Crippen LogP contribution in [0.2, 0.25) is 0 Å². The highest BCUT2D eigenvalue weighted by molar-refractivity contribution is 7.18. The Labute approximate surface area is 150 Å². The maximum Gasteiger partial charge on any atom is 0.262 e. The van der Waals surface area contributed by atoms with Crippen LogP contribution in [-0.2, 0) is 28.9 Å². The molecule has 4 rings (SSSR count). The van der Waals surface area contributed by atoms with E-state index in [-0.39, 0.29) is 24.0 Å². The van der Waals surface area contributed by atoms with Crippen molar-refractivity contribution in [3.05, 3.63) is 27.1 Å². The minimum atomic E-state index is -0.0464. The third-order valence-electron chi connectivity index (χ3n) is 5.07. The second-order valence-corrected chi connectivity index (χ2v) is 7.91. The average molecular weight is 361 g/mol. The molecule has 1 aliphatic heterocycles. The van der Waals surface area contributed by atoms with Gasteiger partial charge in [0.15, 0.2) is 0 Å². The number of aryl methyl sites for hydroxylation is 3. The van der Waals surface area contributed by atoms with Gasteiger partial charge in [-0.1, -0.05) is 0 Å². The van der Waals surface area contributed by atoms with Gasteiger partial charge in [-0.15, -0.1) is 11.3 Å². The quantitative estimate of drug-likeness (QED) is 0.884. The number of thiophene rings is 1. The summed E-state index contributed by atoms with van der Waals surface area (Å²) in [6, 6.07) is 0. The summed E-state index contributed by atoms with van der Waals surface area (Å²) in [6.07, 6.45) is 8.43. The SMILES string of the molecule is O=C(CCn1cnc2sc3c(c2c1=O)CCCC3)NC[C@@H]1CCCO1. The highest BCUT2D eigenvalue weighted by atomic mass is 32.1. The predicted octanol–water partition coefficient (Wildman–Crippen LogP) is 2.02. The molecule has 1 fully saturated rings. The molecule has 25 heavy (non-hydrogen) atoms. The van der Waals surface area contributed by atoms with Crippen molar-refractivity contribution in [3.63, 3.8) is 0 Å². The maximum atomic E-state index is 12.8. The van der Waals surface area contributed by atoms with Crippen LogP contribution in [0.25, 0.3) is 10.2 Å². The average Bonchev–Trinajstić information content (AvgIpc) is 3.26. The standard InChI is InChI=1S/C18H23N3O3S/c22-15(19-10-12-4-3-9-24-12)7-8-21-11-20-17-16(18(21)23)13-5-1-2-6-14(13)25-17/h11-12H,1-10H2,(H,19,22)/t12-/m0/s1. The zero-order valence-corrected chi connectivity index (χ0v) is 15.1. The molecule has 1 atom stereocenters. The fraction of sp³-hybridized carbons (Fsp3) is 0.611. The lowest BCUT2D eigenvalue weighted by molar-refractivity contribution is -0.121. The zero-order chi connectivity index (χ0) is 17.2. The Morgan fingerprint density at radius 1 is 1.36 bits per heavy atom. The molecule has 0 unspecified atom stereocenters. The van der Waals surface area contributed by atoms with Crippen molar-refractivity contribution >= 4 is 27.5 Å². The first-order valence-electron chi connectivity index (χ1n) is 9.10. The van der Waals surface area contributed by atoms with Crippen molar-refractivity contribution in [1.82, 2.24) is 14.9 Å². The summed E-state index contributed by atoms with van der Waals surface area (Å²) in [4.78, 5) is 31.5. The third kappa shape index (κ3) is 3.48. The Bertz CT molecular complexity index is 836. The van der Waals surface area contributed by atoms with Gasteiger partial charge in [0.2, 0.25) is 5.91 Å². The molecule has 2 aromatic rings. The highest BCUT2D eigenvalue weighted by Crippen LogP contribution is 2.33. The van der Waals surface area contributed by atoms with Crippen LogP contribution < -0.4 is 10.9 Å². The van der Waals surface area contributed by atoms with E-state index < -0.39 is 0 Å². The number of nitrogens with one attached hydrogen (secondary N) is 1. The first kappa shape index (κ1) is 16.7. The number of hydrogen-bond donors (Lipinski definition) is 1. The van der Waals surface area contributed by atoms with Crippen LogP contribution in [-0.4, -0.2) is 34.7 Å². The van der Waals surface area contributed by atoms with Gasteiger partial charge in [0.25, 0.3) is 5.56 Å². The number of rotatable bonds is 5. The molecule has 0 aromatic carbocycles. The Hall–Kier alpha value is -1.73. The Balaban J connectivity index is 1.43. The summed E-state index contributed by atoms with van der Waals surface area (Å²) in [5, 5.41) is 3.68. The number of carbonyl (C=O) groups is 1. The number of aromatic nitrogens is 2. The van der Waals surface area contributed by atoms with Crippen molar-refractivity contribution < 1.29 is 9.53 Å². The van der Waals surface area contributed by atoms with E-state index in [1.807, 2.05) is 0 Å². The van der Waals surface area contributed by atoms with E-state index in [9.17, 15) is 9.59 Å². The van der Waals surface area contributed by atoms with E-state index in [4.69, 9.17) is 4.74 Å². The molecular formula is C18H23N3O3S. The van der Waals surface area contributed by atoms with Gasteiger partial charge in [-0.05, 0) is 44.1 Å². The molecule has 6 nitrogen and oxygen atoms in total. The molecule has 1 N–H and O–H groups in total. The molecule has 134 valence electrons. The van der Waals surface area contributed by atoms with Gasteiger partial charge in [0.1, 0.15) is 4.83 Å². The lowest BCUT2D eigenvalue weighted by atomic mass is 9.97. The van der Waals surface area contributed by atoms with Crippen LogP contribution in [0.1, 0.15) is 42.5 Å². The summed E-state index contributed by atoms with van der Waals surface area (Å²) >= 11 is 1.65. The lowest BCUT2D eigenvalue weighted by Gasteiger charge is -2.12. The number of ether oxygens (including phenoxy) is 1. The molecule has 1 saturated heterocycles. The van der Waals surface area contributed by atoms with E-state index >= 15 is 0 Å². The van der Waals surface area contributed by atoms with Gasteiger partial charge in [-0.3, -0.25) is 14.2 Å². The smallest absolute Gasteiger partial charge is 0.262 e. The number of amides is 1. The highest BCUT2D eigenvalue weighted by Gasteiger charge is 2.20. The summed E-state index contributed by atoms with van der Waals surface area (Å²) in [5.41, 5.74) is 1.19. The zero-order valence-electron chi connectivity index (χ0n) is 14.3. The molecule has 0 saturated carbocycles. The van der Waals surface area contributed by atoms with Gasteiger partial charge in [-0.25, -0.2) is 4.98 Å². The van der Waals surface area contributed by atoms with Gasteiger partial charge >= 0.3 is 0 Å². The number of carbonyl (C=O) groups excluding carboxylic acids is 1. The fourth-order valence-electron chi connectivity index (χ4n) is 3.68. The molecule has 7 heteroatoms. The van der Waals surface area contributed by atoms with E-state index in [0.717, 1.165) is 48.9 Å². The van der Waals surface area contributed by atoms with Crippen molar-refractivity contribution in [3.8, 4) is 0 Å². The first-order chi connectivity index (χ1) is 12.2. The third-order valence-corrected chi connectivity index (χ3v) is 6.27. The molecular weight excluding hydrogens is 338 g/mol. The second kappa shape index (κ2) is 7.25. The number of hydrogen-bond acceptors (Lipinski definition) is 5. The van der Waals surface area contributed by atoms with Gasteiger partial charge < -0.3 is 10.1 Å². The van der Waals surface area contributed by atoms with E-state index in [0.29, 0.717) is 13.1 Å². The van der Waals surface area contributed by atoms with Crippen LogP contribution in [0.15, 0.2) is 11.1 Å². The van der Waals surface area contributed by atoms with Crippen LogP contribution in [0.5, 0.6) is 0 Å². The monoisotopic (exact) mass is 361 g/mol. The van der Waals surface area contributed by atoms with Crippen LogP contribution in [0, 0.1) is 0 Å². The molecule has 1 amide bonds. The second-order valence-electron chi connectivity index (χ2n) is 6.82. The van der Waals surface area contributed by atoms with E-state index in [1.165, 1.54) is 16.9 Å². The molecule has 1 aliphatic carbocycles. The molecule has 0 radical (unpaired) electrons. The fourth-order valence-corrected chi connectivity index (χ4v) is 4.90. The Morgan fingerprint density at radius 2 is 2.24 bits per heavy atom. The number of fused-ring (bicyclic) bond motifs is 3.